The molecule has 0 aliphatic carbocycles. The Morgan fingerprint density at radius 1 is 1.31 bits per heavy atom. The standard InChI is InChI=1S/C12H19NO3/c1-9(6-7-14-2)16-12-5-4-10(15-3)8-11(12)13/h4-5,8-9H,6-7,13H2,1-3H3. The highest BCUT2D eigenvalue weighted by molar-refractivity contribution is 5.56. The summed E-state index contributed by atoms with van der Waals surface area (Å²) in [7, 11) is 3.28. The van der Waals surface area contributed by atoms with Gasteiger partial charge in [0, 0.05) is 26.2 Å². The molecule has 0 radical (unpaired) electrons. The van der Waals surface area contributed by atoms with E-state index in [9.17, 15) is 0 Å². The van der Waals surface area contributed by atoms with Crippen LogP contribution in [0, 0.1) is 0 Å². The Bertz CT molecular complexity index is 328. The van der Waals surface area contributed by atoms with Crippen LogP contribution in [0.3, 0.4) is 0 Å². The van der Waals surface area contributed by atoms with E-state index in [2.05, 4.69) is 0 Å². The molecule has 0 saturated heterocycles. The van der Waals surface area contributed by atoms with Gasteiger partial charge >= 0.3 is 0 Å². The van der Waals surface area contributed by atoms with E-state index in [1.807, 2.05) is 19.1 Å². The fourth-order valence-electron chi connectivity index (χ4n) is 1.32. The Morgan fingerprint density at radius 3 is 2.62 bits per heavy atom. The summed E-state index contributed by atoms with van der Waals surface area (Å²) < 4.78 is 15.7. The van der Waals surface area contributed by atoms with Gasteiger partial charge in [0.25, 0.3) is 0 Å². The third kappa shape index (κ3) is 3.62. The van der Waals surface area contributed by atoms with Crippen LogP contribution in [0.1, 0.15) is 13.3 Å². The summed E-state index contributed by atoms with van der Waals surface area (Å²) in [6, 6.07) is 5.39. The molecule has 0 aromatic heterocycles. The molecule has 0 saturated carbocycles. The maximum atomic E-state index is 5.84. The molecule has 0 spiro atoms. The van der Waals surface area contributed by atoms with Gasteiger partial charge in [0.2, 0.25) is 0 Å². The first-order valence-corrected chi connectivity index (χ1v) is 5.26. The smallest absolute Gasteiger partial charge is 0.142 e. The molecule has 1 atom stereocenters. The number of nitrogens with two attached hydrogens (primary N) is 1. The molecule has 2 N–H and O–H groups in total. The zero-order valence-electron chi connectivity index (χ0n) is 10.0. The van der Waals surface area contributed by atoms with Gasteiger partial charge in [-0.1, -0.05) is 0 Å². The van der Waals surface area contributed by atoms with Crippen LogP contribution in [0.2, 0.25) is 0 Å². The van der Waals surface area contributed by atoms with Crippen molar-refractivity contribution < 1.29 is 14.2 Å². The fourth-order valence-corrected chi connectivity index (χ4v) is 1.32. The SMILES string of the molecule is COCCC(C)Oc1ccc(OC)cc1N. The number of hydrogen-bond donors (Lipinski definition) is 1. The minimum atomic E-state index is 0.0793. The van der Waals surface area contributed by atoms with Gasteiger partial charge in [-0.05, 0) is 19.1 Å². The van der Waals surface area contributed by atoms with E-state index in [1.54, 1.807) is 20.3 Å². The van der Waals surface area contributed by atoms with Crippen LogP contribution in [0.25, 0.3) is 0 Å². The molecule has 1 rings (SSSR count). The molecule has 4 nitrogen and oxygen atoms in total. The fraction of sp³-hybridized carbons (Fsp3) is 0.500. The van der Waals surface area contributed by atoms with E-state index in [-0.39, 0.29) is 6.10 Å². The number of ether oxygens (including phenoxy) is 3. The van der Waals surface area contributed by atoms with Crippen molar-refractivity contribution >= 4 is 5.69 Å². The minimum Gasteiger partial charge on any atom is -0.497 e. The van der Waals surface area contributed by atoms with Crippen molar-refractivity contribution in [2.45, 2.75) is 19.4 Å². The number of anilines is 1. The molecule has 0 bridgehead atoms. The maximum absolute atomic E-state index is 5.84. The number of nitrogen functional groups attached to an aromatic ring is 1. The lowest BCUT2D eigenvalue weighted by molar-refractivity contribution is 0.135. The van der Waals surface area contributed by atoms with Crippen LogP contribution < -0.4 is 15.2 Å². The van der Waals surface area contributed by atoms with Crippen LogP contribution >= 0.6 is 0 Å². The van der Waals surface area contributed by atoms with E-state index in [0.717, 1.165) is 12.2 Å². The average Bonchev–Trinajstić information content (AvgIpc) is 2.29. The van der Waals surface area contributed by atoms with E-state index in [4.69, 9.17) is 19.9 Å². The van der Waals surface area contributed by atoms with Crippen LogP contribution in [0.5, 0.6) is 11.5 Å². The van der Waals surface area contributed by atoms with E-state index in [1.165, 1.54) is 0 Å². The summed E-state index contributed by atoms with van der Waals surface area (Å²) in [6.45, 7) is 2.67. The molecule has 90 valence electrons. The highest BCUT2D eigenvalue weighted by Gasteiger charge is 2.07. The second-order valence-corrected chi connectivity index (χ2v) is 3.61. The summed E-state index contributed by atoms with van der Waals surface area (Å²) in [5.41, 5.74) is 6.42. The van der Waals surface area contributed by atoms with Crippen molar-refractivity contribution in [2.75, 3.05) is 26.6 Å². The van der Waals surface area contributed by atoms with Crippen LogP contribution in [0.15, 0.2) is 18.2 Å². The van der Waals surface area contributed by atoms with E-state index in [0.29, 0.717) is 18.0 Å². The Morgan fingerprint density at radius 2 is 2.06 bits per heavy atom. The summed E-state index contributed by atoms with van der Waals surface area (Å²) in [4.78, 5) is 0. The van der Waals surface area contributed by atoms with Gasteiger partial charge in [0.05, 0.1) is 18.9 Å². The molecule has 0 amide bonds. The average molecular weight is 225 g/mol. The van der Waals surface area contributed by atoms with Crippen molar-refractivity contribution in [3.63, 3.8) is 0 Å². The van der Waals surface area contributed by atoms with Crippen LogP contribution in [-0.2, 0) is 4.74 Å². The zero-order chi connectivity index (χ0) is 12.0. The summed E-state index contributed by atoms with van der Waals surface area (Å²) >= 11 is 0. The van der Waals surface area contributed by atoms with Gasteiger partial charge in [-0.2, -0.15) is 0 Å². The first kappa shape index (κ1) is 12.6. The minimum absolute atomic E-state index is 0.0793. The van der Waals surface area contributed by atoms with Crippen molar-refractivity contribution in [3.05, 3.63) is 18.2 Å². The molecule has 1 unspecified atom stereocenters. The van der Waals surface area contributed by atoms with Crippen molar-refractivity contribution in [2.24, 2.45) is 0 Å². The molecule has 16 heavy (non-hydrogen) atoms. The predicted octanol–water partition coefficient (Wildman–Crippen LogP) is 2.08. The normalized spacial score (nSPS) is 12.2. The molecule has 0 fully saturated rings. The van der Waals surface area contributed by atoms with Crippen molar-refractivity contribution in [1.82, 2.24) is 0 Å². The first-order valence-electron chi connectivity index (χ1n) is 5.26. The second kappa shape index (κ2) is 6.23. The molecular weight excluding hydrogens is 206 g/mol. The van der Waals surface area contributed by atoms with Gasteiger partial charge in [-0.15, -0.1) is 0 Å². The lowest BCUT2D eigenvalue weighted by Crippen LogP contribution is -2.15. The van der Waals surface area contributed by atoms with Gasteiger partial charge < -0.3 is 19.9 Å². The molecule has 1 aromatic rings. The first-order chi connectivity index (χ1) is 7.67. The van der Waals surface area contributed by atoms with Crippen LogP contribution in [-0.4, -0.2) is 26.9 Å². The van der Waals surface area contributed by atoms with Crippen molar-refractivity contribution in [3.8, 4) is 11.5 Å². The van der Waals surface area contributed by atoms with E-state index < -0.39 is 0 Å². The molecule has 0 aliphatic rings. The van der Waals surface area contributed by atoms with Gasteiger partial charge in [-0.25, -0.2) is 0 Å². The van der Waals surface area contributed by atoms with Crippen molar-refractivity contribution in [1.29, 1.82) is 0 Å². The molecule has 0 aliphatic heterocycles. The molecule has 4 heteroatoms. The number of hydrogen-bond acceptors (Lipinski definition) is 4. The number of methoxy groups -OCH3 is 2. The van der Waals surface area contributed by atoms with E-state index >= 15 is 0 Å². The zero-order valence-corrected chi connectivity index (χ0v) is 10.0. The van der Waals surface area contributed by atoms with Gasteiger partial charge in [-0.3, -0.25) is 0 Å². The maximum Gasteiger partial charge on any atom is 0.142 e. The summed E-state index contributed by atoms with van der Waals surface area (Å²) in [6.07, 6.45) is 0.915. The Hall–Kier alpha value is -1.42. The topological polar surface area (TPSA) is 53.7 Å². The largest absolute Gasteiger partial charge is 0.497 e. The molecule has 0 heterocycles. The summed E-state index contributed by atoms with van der Waals surface area (Å²) in [5.74, 6) is 1.42. The molecule has 1 aromatic carbocycles. The molecular formula is C12H19NO3. The third-order valence-corrected chi connectivity index (χ3v) is 2.27. The number of rotatable bonds is 6. The highest BCUT2D eigenvalue weighted by atomic mass is 16.5. The third-order valence-electron chi connectivity index (χ3n) is 2.27. The predicted molar refractivity (Wildman–Crippen MR) is 64.0 cm³/mol. The lowest BCUT2D eigenvalue weighted by Gasteiger charge is -2.16. The second-order valence-electron chi connectivity index (χ2n) is 3.61. The highest BCUT2D eigenvalue weighted by Crippen LogP contribution is 2.27. The Labute approximate surface area is 96.3 Å². The van der Waals surface area contributed by atoms with Gasteiger partial charge in [0.15, 0.2) is 0 Å². The quantitative estimate of drug-likeness (QED) is 0.753. The van der Waals surface area contributed by atoms with Gasteiger partial charge in [0.1, 0.15) is 11.5 Å². The Kier molecular flexibility index (Phi) is 4.92. The van der Waals surface area contributed by atoms with Crippen LogP contribution in [0.4, 0.5) is 5.69 Å². The number of benzene rings is 1. The Balaban J connectivity index is 2.59. The lowest BCUT2D eigenvalue weighted by atomic mass is 10.2. The summed E-state index contributed by atoms with van der Waals surface area (Å²) in [5, 5.41) is 0. The monoisotopic (exact) mass is 225 g/mol.